The highest BCUT2D eigenvalue weighted by molar-refractivity contribution is 5.79. The van der Waals surface area contributed by atoms with Crippen molar-refractivity contribution in [1.29, 1.82) is 0 Å². The maximum Gasteiger partial charge on any atom is 0.0889 e. The number of rotatable bonds is 3. The van der Waals surface area contributed by atoms with Gasteiger partial charge in [-0.25, -0.2) is 4.39 Å². The lowest BCUT2D eigenvalue weighted by Gasteiger charge is -2.06. The summed E-state index contributed by atoms with van der Waals surface area (Å²) in [6.07, 6.45) is 2.51. The van der Waals surface area contributed by atoms with E-state index >= 15 is 0 Å². The average molecular weight is 203 g/mol. The standard InChI is InChI=1S/C12H12FN2/c13-7-10(8-14)9-15-6-5-11-3-1-2-4-12(11)15/h2-7H,8-9,14H2. The van der Waals surface area contributed by atoms with Gasteiger partial charge in [-0.1, -0.05) is 6.07 Å². The maximum absolute atomic E-state index is 12.4. The third-order valence-corrected chi connectivity index (χ3v) is 2.41. The average Bonchev–Trinajstić information content (AvgIpc) is 2.69. The Morgan fingerprint density at radius 3 is 3.13 bits per heavy atom. The van der Waals surface area contributed by atoms with Crippen LogP contribution in [-0.2, 0) is 6.54 Å². The van der Waals surface area contributed by atoms with Gasteiger partial charge in [0, 0.05) is 30.2 Å². The highest BCUT2D eigenvalue weighted by Crippen LogP contribution is 2.15. The van der Waals surface area contributed by atoms with Crippen LogP contribution in [0.2, 0.25) is 0 Å². The van der Waals surface area contributed by atoms with Gasteiger partial charge >= 0.3 is 0 Å². The first-order valence-corrected chi connectivity index (χ1v) is 4.78. The molecule has 2 nitrogen and oxygen atoms in total. The molecule has 1 aromatic carbocycles. The van der Waals surface area contributed by atoms with Crippen molar-refractivity contribution in [3.05, 3.63) is 48.4 Å². The highest BCUT2D eigenvalue weighted by Gasteiger charge is 2.01. The number of nitrogens with two attached hydrogens (primary N) is 1. The first-order chi connectivity index (χ1) is 7.35. The molecule has 0 aliphatic heterocycles. The minimum Gasteiger partial charge on any atom is -0.343 e. The van der Waals surface area contributed by atoms with Crippen LogP contribution in [0.3, 0.4) is 0 Å². The number of hydrogen-bond acceptors (Lipinski definition) is 1. The van der Waals surface area contributed by atoms with Crippen LogP contribution in [0.1, 0.15) is 0 Å². The summed E-state index contributed by atoms with van der Waals surface area (Å²) in [7, 11) is 0. The van der Waals surface area contributed by atoms with Gasteiger partial charge in [-0.2, -0.15) is 0 Å². The molecule has 0 bridgehead atoms. The van der Waals surface area contributed by atoms with E-state index in [0.717, 1.165) is 10.9 Å². The van der Waals surface area contributed by atoms with Gasteiger partial charge in [-0.3, -0.25) is 0 Å². The lowest BCUT2D eigenvalue weighted by molar-refractivity contribution is 0.678. The molecule has 0 atom stereocenters. The lowest BCUT2D eigenvalue weighted by Crippen LogP contribution is -2.09. The van der Waals surface area contributed by atoms with Gasteiger partial charge in [0.2, 0.25) is 0 Å². The van der Waals surface area contributed by atoms with E-state index in [9.17, 15) is 4.39 Å². The molecule has 2 N–H and O–H groups in total. The van der Waals surface area contributed by atoms with Crippen molar-refractivity contribution < 1.29 is 4.39 Å². The first kappa shape index (κ1) is 9.93. The summed E-state index contributed by atoms with van der Waals surface area (Å²) < 4.78 is 14.4. The van der Waals surface area contributed by atoms with Gasteiger partial charge in [0.1, 0.15) is 0 Å². The van der Waals surface area contributed by atoms with Crippen LogP contribution < -0.4 is 5.73 Å². The topological polar surface area (TPSA) is 30.9 Å². The van der Waals surface area contributed by atoms with Crippen LogP contribution in [0, 0.1) is 6.07 Å². The fraction of sp³-hybridized carbons (Fsp3) is 0.167. The van der Waals surface area contributed by atoms with Crippen molar-refractivity contribution in [3.8, 4) is 0 Å². The van der Waals surface area contributed by atoms with E-state index in [2.05, 4.69) is 6.07 Å². The van der Waals surface area contributed by atoms with Gasteiger partial charge in [0.25, 0.3) is 0 Å². The second-order valence-corrected chi connectivity index (χ2v) is 3.40. The maximum atomic E-state index is 12.4. The molecule has 0 saturated heterocycles. The Labute approximate surface area is 87.8 Å². The fourth-order valence-corrected chi connectivity index (χ4v) is 1.58. The van der Waals surface area contributed by atoms with Crippen LogP contribution in [0.5, 0.6) is 0 Å². The molecule has 2 rings (SSSR count). The van der Waals surface area contributed by atoms with Gasteiger partial charge in [0.05, 0.1) is 6.33 Å². The second kappa shape index (κ2) is 4.28. The summed E-state index contributed by atoms with van der Waals surface area (Å²) in [5.74, 6) is 0. The van der Waals surface area contributed by atoms with Gasteiger partial charge in [-0.15, -0.1) is 0 Å². The zero-order valence-corrected chi connectivity index (χ0v) is 8.28. The minimum atomic E-state index is 0.245. The molecule has 0 aliphatic rings. The van der Waals surface area contributed by atoms with Crippen molar-refractivity contribution in [2.45, 2.75) is 6.54 Å². The van der Waals surface area contributed by atoms with Crippen LogP contribution in [0.25, 0.3) is 10.9 Å². The molecule has 1 aromatic heterocycles. The summed E-state index contributed by atoms with van der Waals surface area (Å²) in [6.45, 7) is 0.746. The molecule has 3 heteroatoms. The van der Waals surface area contributed by atoms with E-state index in [1.54, 1.807) is 0 Å². The first-order valence-electron chi connectivity index (χ1n) is 4.78. The molecule has 0 amide bonds. The summed E-state index contributed by atoms with van der Waals surface area (Å²) in [6, 6.07) is 10.7. The molecule has 1 radical (unpaired) electrons. The van der Waals surface area contributed by atoms with Crippen molar-refractivity contribution in [2.75, 3.05) is 6.54 Å². The molecule has 0 spiro atoms. The Morgan fingerprint density at radius 2 is 2.40 bits per heavy atom. The van der Waals surface area contributed by atoms with E-state index in [0.29, 0.717) is 18.4 Å². The van der Waals surface area contributed by atoms with Crippen molar-refractivity contribution in [3.63, 3.8) is 0 Å². The molecule has 0 unspecified atom stereocenters. The molecular formula is C12H12FN2. The molecule has 0 saturated carbocycles. The van der Waals surface area contributed by atoms with Crippen molar-refractivity contribution >= 4 is 10.9 Å². The van der Waals surface area contributed by atoms with E-state index in [1.165, 1.54) is 0 Å². The zero-order valence-electron chi connectivity index (χ0n) is 8.28. The Balaban J connectivity index is 2.36. The smallest absolute Gasteiger partial charge is 0.0889 e. The number of hydrogen-bond donors (Lipinski definition) is 1. The molecule has 1 heterocycles. The molecule has 0 fully saturated rings. The monoisotopic (exact) mass is 203 g/mol. The lowest BCUT2D eigenvalue weighted by atomic mass is 10.2. The minimum absolute atomic E-state index is 0.245. The number of fused-ring (bicyclic) bond motifs is 1. The molecule has 77 valence electrons. The van der Waals surface area contributed by atoms with E-state index in [1.807, 2.05) is 35.0 Å². The molecule has 2 aromatic rings. The SMILES string of the molecule is NCC(=CF)Cn1ccc2c[c]ccc21. The third kappa shape index (κ3) is 1.92. The number of benzene rings is 1. The zero-order chi connectivity index (χ0) is 10.7. The second-order valence-electron chi connectivity index (χ2n) is 3.40. The van der Waals surface area contributed by atoms with Crippen LogP contribution in [0.4, 0.5) is 4.39 Å². The largest absolute Gasteiger partial charge is 0.343 e. The van der Waals surface area contributed by atoms with Gasteiger partial charge < -0.3 is 10.3 Å². The van der Waals surface area contributed by atoms with Crippen LogP contribution in [-0.4, -0.2) is 11.1 Å². The van der Waals surface area contributed by atoms with Crippen molar-refractivity contribution in [2.24, 2.45) is 5.73 Å². The number of aromatic nitrogens is 1. The Morgan fingerprint density at radius 1 is 1.53 bits per heavy atom. The fourth-order valence-electron chi connectivity index (χ4n) is 1.58. The van der Waals surface area contributed by atoms with E-state index < -0.39 is 0 Å². The predicted molar refractivity (Wildman–Crippen MR) is 59.0 cm³/mol. The number of nitrogens with zero attached hydrogens (tertiary/aromatic N) is 1. The Bertz CT molecular complexity index is 485. The number of halogens is 1. The Kier molecular flexibility index (Phi) is 2.83. The molecule has 15 heavy (non-hydrogen) atoms. The Hall–Kier alpha value is -1.61. The third-order valence-electron chi connectivity index (χ3n) is 2.41. The predicted octanol–water partition coefficient (Wildman–Crippen LogP) is 2.25. The van der Waals surface area contributed by atoms with E-state index in [-0.39, 0.29) is 6.54 Å². The van der Waals surface area contributed by atoms with Crippen LogP contribution >= 0.6 is 0 Å². The summed E-state index contributed by atoms with van der Waals surface area (Å²) in [5.41, 5.74) is 7.07. The molecular weight excluding hydrogens is 191 g/mol. The quantitative estimate of drug-likeness (QED) is 0.815. The highest BCUT2D eigenvalue weighted by atomic mass is 19.1. The van der Waals surface area contributed by atoms with Crippen molar-refractivity contribution in [1.82, 2.24) is 4.57 Å². The van der Waals surface area contributed by atoms with Crippen LogP contribution in [0.15, 0.2) is 42.4 Å². The summed E-state index contributed by atoms with van der Waals surface area (Å²) in [4.78, 5) is 0. The van der Waals surface area contributed by atoms with E-state index in [4.69, 9.17) is 5.73 Å². The normalized spacial score (nSPS) is 12.3. The van der Waals surface area contributed by atoms with Gasteiger partial charge in [0.15, 0.2) is 0 Å². The summed E-state index contributed by atoms with van der Waals surface area (Å²) >= 11 is 0. The summed E-state index contributed by atoms with van der Waals surface area (Å²) in [5, 5.41) is 1.10. The van der Waals surface area contributed by atoms with Gasteiger partial charge in [-0.05, 0) is 29.8 Å². The molecule has 0 aliphatic carbocycles.